The monoisotopic (exact) mass is 653 g/mol. The fourth-order valence-corrected chi connectivity index (χ4v) is 5.79. The summed E-state index contributed by atoms with van der Waals surface area (Å²) < 4.78 is 16.6. The molecule has 46 heavy (non-hydrogen) atoms. The summed E-state index contributed by atoms with van der Waals surface area (Å²) in [5.74, 6) is -0.869. The van der Waals surface area contributed by atoms with Crippen LogP contribution in [0.1, 0.15) is 220 Å². The van der Waals surface area contributed by atoms with Gasteiger partial charge in [-0.1, -0.05) is 181 Å². The fourth-order valence-electron chi connectivity index (χ4n) is 5.79. The van der Waals surface area contributed by atoms with Crippen molar-refractivity contribution in [2.75, 3.05) is 13.2 Å². The first-order valence-electron chi connectivity index (χ1n) is 20.0. The first kappa shape index (κ1) is 44.4. The lowest BCUT2D eigenvalue weighted by molar-refractivity contribution is -0.167. The fraction of sp³-hybridized carbons (Fsp3) is 0.925. The van der Waals surface area contributed by atoms with Crippen LogP contribution in [0.5, 0.6) is 0 Å². The van der Waals surface area contributed by atoms with Crippen molar-refractivity contribution in [3.05, 3.63) is 0 Å². The van der Waals surface area contributed by atoms with E-state index in [1.54, 1.807) is 0 Å². The van der Waals surface area contributed by atoms with Crippen LogP contribution >= 0.6 is 0 Å². The Morgan fingerprint density at radius 1 is 0.348 bits per heavy atom. The SMILES string of the molecule is CCCCCCCCCCCCCC(=O)O[C@@H](COC(=O)CCCCCCCCC)COC(=O)CCCCCCCCCCCC. The third-order valence-electron chi connectivity index (χ3n) is 8.86. The number of hydrogen-bond donors (Lipinski definition) is 0. The van der Waals surface area contributed by atoms with E-state index in [1.165, 1.54) is 122 Å². The zero-order chi connectivity index (χ0) is 33.8. The van der Waals surface area contributed by atoms with Crippen LogP contribution in [0, 0.1) is 0 Å². The van der Waals surface area contributed by atoms with Gasteiger partial charge in [-0.2, -0.15) is 0 Å². The van der Waals surface area contributed by atoms with E-state index >= 15 is 0 Å². The number of carbonyl (C=O) groups excluding carboxylic acids is 3. The second-order valence-corrected chi connectivity index (χ2v) is 13.6. The standard InChI is InChI=1S/C40H76O6/c1-4-7-10-13-16-18-20-22-25-28-31-34-40(43)46-37(35-44-38(41)32-29-26-23-15-12-9-6-3)36-45-39(42)33-30-27-24-21-19-17-14-11-8-5-2/h37H,4-36H2,1-3H3/t37-/m0/s1. The average Bonchev–Trinajstić information content (AvgIpc) is 3.05. The number of carbonyl (C=O) groups is 3. The minimum atomic E-state index is -0.755. The summed E-state index contributed by atoms with van der Waals surface area (Å²) in [6.07, 6.45) is 33.8. The lowest BCUT2D eigenvalue weighted by Gasteiger charge is -2.18. The number of rotatable bonds is 36. The molecule has 0 amide bonds. The van der Waals surface area contributed by atoms with Gasteiger partial charge in [0.1, 0.15) is 13.2 Å². The highest BCUT2D eigenvalue weighted by Crippen LogP contribution is 2.14. The minimum Gasteiger partial charge on any atom is -0.462 e. The smallest absolute Gasteiger partial charge is 0.306 e. The molecule has 0 N–H and O–H groups in total. The maximum absolute atomic E-state index is 12.6. The first-order chi connectivity index (χ1) is 22.5. The van der Waals surface area contributed by atoms with Gasteiger partial charge in [-0.05, 0) is 19.3 Å². The zero-order valence-electron chi connectivity index (χ0n) is 30.9. The van der Waals surface area contributed by atoms with Crippen molar-refractivity contribution in [1.82, 2.24) is 0 Å². The Labute approximate surface area is 285 Å². The van der Waals surface area contributed by atoms with Crippen molar-refractivity contribution in [2.24, 2.45) is 0 Å². The average molecular weight is 653 g/mol. The summed E-state index contributed by atoms with van der Waals surface area (Å²) in [4.78, 5) is 37.3. The minimum absolute atomic E-state index is 0.0642. The van der Waals surface area contributed by atoms with Gasteiger partial charge in [-0.25, -0.2) is 0 Å². The molecule has 272 valence electrons. The van der Waals surface area contributed by atoms with Crippen molar-refractivity contribution in [2.45, 2.75) is 226 Å². The van der Waals surface area contributed by atoms with Gasteiger partial charge < -0.3 is 14.2 Å². The lowest BCUT2D eigenvalue weighted by atomic mass is 10.1. The molecule has 0 bridgehead atoms. The predicted molar refractivity (Wildman–Crippen MR) is 192 cm³/mol. The highest BCUT2D eigenvalue weighted by atomic mass is 16.6. The highest BCUT2D eigenvalue weighted by molar-refractivity contribution is 5.71. The summed E-state index contributed by atoms with van der Waals surface area (Å²) in [6, 6.07) is 0. The first-order valence-corrected chi connectivity index (χ1v) is 20.0. The molecule has 0 fully saturated rings. The van der Waals surface area contributed by atoms with Gasteiger partial charge >= 0.3 is 17.9 Å². The van der Waals surface area contributed by atoms with Gasteiger partial charge in [0.2, 0.25) is 0 Å². The molecule has 0 rings (SSSR count). The topological polar surface area (TPSA) is 78.9 Å². The Balaban J connectivity index is 4.32. The highest BCUT2D eigenvalue weighted by Gasteiger charge is 2.19. The number of hydrogen-bond acceptors (Lipinski definition) is 6. The van der Waals surface area contributed by atoms with Crippen LogP contribution < -0.4 is 0 Å². The van der Waals surface area contributed by atoms with Gasteiger partial charge in [-0.3, -0.25) is 14.4 Å². The van der Waals surface area contributed by atoms with E-state index in [2.05, 4.69) is 20.8 Å². The molecule has 0 spiro atoms. The van der Waals surface area contributed by atoms with E-state index in [0.717, 1.165) is 57.8 Å². The van der Waals surface area contributed by atoms with E-state index < -0.39 is 6.10 Å². The zero-order valence-corrected chi connectivity index (χ0v) is 30.9. The van der Waals surface area contributed by atoms with Crippen LogP contribution in [-0.4, -0.2) is 37.2 Å². The Morgan fingerprint density at radius 3 is 0.870 bits per heavy atom. The maximum Gasteiger partial charge on any atom is 0.306 e. The summed E-state index contributed by atoms with van der Waals surface area (Å²) in [6.45, 7) is 6.57. The number of esters is 3. The van der Waals surface area contributed by atoms with Crippen LogP contribution in [0.15, 0.2) is 0 Å². The molecule has 0 aromatic heterocycles. The van der Waals surface area contributed by atoms with E-state index in [9.17, 15) is 14.4 Å². The van der Waals surface area contributed by atoms with Gasteiger partial charge in [0.25, 0.3) is 0 Å². The van der Waals surface area contributed by atoms with Gasteiger partial charge in [0.15, 0.2) is 6.10 Å². The molecule has 0 aromatic rings. The molecular formula is C40H76O6. The summed E-state index contributed by atoms with van der Waals surface area (Å²) in [7, 11) is 0. The van der Waals surface area contributed by atoms with Gasteiger partial charge in [0.05, 0.1) is 0 Å². The van der Waals surface area contributed by atoms with E-state index in [1.807, 2.05) is 0 Å². The quantitative estimate of drug-likeness (QED) is 0.0381. The van der Waals surface area contributed by atoms with Crippen LogP contribution in [0.2, 0.25) is 0 Å². The Morgan fingerprint density at radius 2 is 0.587 bits per heavy atom. The molecule has 0 aromatic carbocycles. The lowest BCUT2D eigenvalue weighted by Crippen LogP contribution is -2.30. The molecule has 0 aliphatic rings. The van der Waals surface area contributed by atoms with Gasteiger partial charge in [0, 0.05) is 19.3 Å². The van der Waals surface area contributed by atoms with Crippen LogP contribution in [0.3, 0.4) is 0 Å². The number of ether oxygens (including phenoxy) is 3. The van der Waals surface area contributed by atoms with Crippen molar-refractivity contribution in [3.63, 3.8) is 0 Å². The number of unbranched alkanes of at least 4 members (excludes halogenated alkanes) is 25. The third-order valence-corrected chi connectivity index (χ3v) is 8.86. The molecule has 0 radical (unpaired) electrons. The molecule has 6 nitrogen and oxygen atoms in total. The maximum atomic E-state index is 12.6. The molecule has 6 heteroatoms. The molecule has 0 saturated carbocycles. The van der Waals surface area contributed by atoms with Crippen LogP contribution in [0.4, 0.5) is 0 Å². The largest absolute Gasteiger partial charge is 0.462 e. The van der Waals surface area contributed by atoms with E-state index in [0.29, 0.717) is 19.3 Å². The molecule has 0 aliphatic carbocycles. The molecule has 0 heterocycles. The predicted octanol–water partition coefficient (Wildman–Crippen LogP) is 12.1. The Kier molecular flexibility index (Phi) is 35.0. The molecule has 0 unspecified atom stereocenters. The van der Waals surface area contributed by atoms with Crippen molar-refractivity contribution < 1.29 is 28.6 Å². The van der Waals surface area contributed by atoms with Gasteiger partial charge in [-0.15, -0.1) is 0 Å². The normalized spacial score (nSPS) is 11.8. The van der Waals surface area contributed by atoms with E-state index in [-0.39, 0.29) is 31.1 Å². The molecule has 0 saturated heterocycles. The van der Waals surface area contributed by atoms with Crippen molar-refractivity contribution in [1.29, 1.82) is 0 Å². The second kappa shape index (κ2) is 36.2. The molecule has 1 atom stereocenters. The summed E-state index contributed by atoms with van der Waals surface area (Å²) >= 11 is 0. The summed E-state index contributed by atoms with van der Waals surface area (Å²) in [5, 5.41) is 0. The molecule has 0 aliphatic heterocycles. The summed E-state index contributed by atoms with van der Waals surface area (Å²) in [5.41, 5.74) is 0. The van der Waals surface area contributed by atoms with E-state index in [4.69, 9.17) is 14.2 Å². The second-order valence-electron chi connectivity index (χ2n) is 13.6. The van der Waals surface area contributed by atoms with Crippen molar-refractivity contribution in [3.8, 4) is 0 Å². The molecular weight excluding hydrogens is 576 g/mol. The third kappa shape index (κ3) is 33.8. The van der Waals surface area contributed by atoms with Crippen LogP contribution in [0.25, 0.3) is 0 Å². The van der Waals surface area contributed by atoms with Crippen molar-refractivity contribution >= 4 is 17.9 Å². The van der Waals surface area contributed by atoms with Crippen LogP contribution in [-0.2, 0) is 28.6 Å². The Bertz CT molecular complexity index is 679. The Hall–Kier alpha value is -1.59.